The lowest BCUT2D eigenvalue weighted by Crippen LogP contribution is -2.55. The van der Waals surface area contributed by atoms with Gasteiger partial charge in [-0.2, -0.15) is 22.0 Å². The number of carboxylic acid groups (broad SMARTS) is 1. The Morgan fingerprint density at radius 2 is 2.16 bits per heavy atom. The van der Waals surface area contributed by atoms with Crippen molar-refractivity contribution in [3.63, 3.8) is 0 Å². The molecular weight excluding hydrogens is 373 g/mol. The molecule has 1 aromatic heterocycles. The molecule has 0 spiro atoms. The molecule has 1 aliphatic rings. The number of ether oxygens (including phenoxy) is 1. The third-order valence-corrected chi connectivity index (χ3v) is 4.67. The van der Waals surface area contributed by atoms with Gasteiger partial charge in [-0.1, -0.05) is 11.3 Å². The molecular formula is C13H16F5N3O3S. The summed E-state index contributed by atoms with van der Waals surface area (Å²) in [7, 11) is 0. The van der Waals surface area contributed by atoms with Gasteiger partial charge < -0.3 is 14.7 Å². The van der Waals surface area contributed by atoms with Crippen LogP contribution in [0.4, 0.5) is 27.1 Å². The number of thiazole rings is 1. The highest BCUT2D eigenvalue weighted by Crippen LogP contribution is 2.27. The highest BCUT2D eigenvalue weighted by atomic mass is 32.1. The van der Waals surface area contributed by atoms with Crippen molar-refractivity contribution in [1.29, 1.82) is 0 Å². The predicted molar refractivity (Wildman–Crippen MR) is 79.3 cm³/mol. The fourth-order valence-corrected chi connectivity index (χ4v) is 3.33. The molecule has 0 saturated carbocycles. The molecule has 1 aliphatic heterocycles. The fourth-order valence-electron chi connectivity index (χ4n) is 2.48. The molecule has 1 atom stereocenters. The number of aromatic nitrogens is 1. The van der Waals surface area contributed by atoms with Crippen molar-refractivity contribution >= 4 is 22.4 Å². The van der Waals surface area contributed by atoms with Gasteiger partial charge in [0.2, 0.25) is 0 Å². The molecule has 25 heavy (non-hydrogen) atoms. The molecule has 1 N–H and O–H groups in total. The molecule has 0 aliphatic carbocycles. The Hall–Kier alpha value is -1.53. The normalized spacial score (nSPS) is 19.6. The van der Waals surface area contributed by atoms with Gasteiger partial charge in [-0.3, -0.25) is 4.90 Å². The summed E-state index contributed by atoms with van der Waals surface area (Å²) in [5.74, 6) is -1.16. The molecule has 12 heteroatoms. The van der Waals surface area contributed by atoms with Crippen molar-refractivity contribution < 1.29 is 36.6 Å². The highest BCUT2D eigenvalue weighted by molar-refractivity contribution is 7.17. The monoisotopic (exact) mass is 389 g/mol. The first-order valence-corrected chi connectivity index (χ1v) is 8.12. The maximum absolute atomic E-state index is 12.4. The van der Waals surface area contributed by atoms with Crippen molar-refractivity contribution in [3.8, 4) is 0 Å². The number of alkyl halides is 5. The second kappa shape index (κ2) is 8.23. The molecule has 1 saturated heterocycles. The van der Waals surface area contributed by atoms with Crippen LogP contribution in [0, 0.1) is 0 Å². The van der Waals surface area contributed by atoms with Crippen LogP contribution in [-0.2, 0) is 4.74 Å². The zero-order chi connectivity index (χ0) is 18.6. The first kappa shape index (κ1) is 19.8. The van der Waals surface area contributed by atoms with Crippen molar-refractivity contribution in [2.24, 2.45) is 0 Å². The second-order valence-electron chi connectivity index (χ2n) is 5.42. The van der Waals surface area contributed by atoms with E-state index in [1.54, 1.807) is 4.90 Å². The largest absolute Gasteiger partial charge is 0.477 e. The Morgan fingerprint density at radius 3 is 2.72 bits per heavy atom. The minimum atomic E-state index is -4.29. The van der Waals surface area contributed by atoms with Gasteiger partial charge in [0.05, 0.1) is 25.3 Å². The van der Waals surface area contributed by atoms with Crippen LogP contribution in [0.25, 0.3) is 0 Å². The summed E-state index contributed by atoms with van der Waals surface area (Å²) in [4.78, 5) is 18.0. The number of hydrogen-bond acceptors (Lipinski definition) is 6. The van der Waals surface area contributed by atoms with Gasteiger partial charge in [0.25, 0.3) is 0 Å². The predicted octanol–water partition coefficient (Wildman–Crippen LogP) is 2.52. The number of aromatic carboxylic acids is 1. The Labute approximate surface area is 143 Å². The van der Waals surface area contributed by atoms with Crippen LogP contribution in [0.5, 0.6) is 0 Å². The van der Waals surface area contributed by atoms with Crippen LogP contribution in [-0.4, -0.2) is 72.6 Å². The molecule has 2 rings (SSSR count). The van der Waals surface area contributed by atoms with Gasteiger partial charge in [0.15, 0.2) is 5.13 Å². The average molecular weight is 389 g/mol. The first-order chi connectivity index (χ1) is 11.7. The lowest BCUT2D eigenvalue weighted by Gasteiger charge is -2.41. The first-order valence-electron chi connectivity index (χ1n) is 7.30. The van der Waals surface area contributed by atoms with E-state index in [1.165, 1.54) is 4.90 Å². The Bertz CT molecular complexity index is 584. The molecule has 1 fully saturated rings. The molecule has 2 heterocycles. The summed E-state index contributed by atoms with van der Waals surface area (Å²) < 4.78 is 66.1. The van der Waals surface area contributed by atoms with Crippen molar-refractivity contribution in [2.75, 3.05) is 37.7 Å². The van der Waals surface area contributed by atoms with E-state index in [1.807, 2.05) is 0 Å². The van der Waals surface area contributed by atoms with Crippen molar-refractivity contribution in [1.82, 2.24) is 9.88 Å². The molecule has 0 aromatic carbocycles. The SMILES string of the molecule is O=C(O)c1cnc(N2CCN(CCC(F)(F)F)CC2COC(F)F)s1. The molecule has 0 radical (unpaired) electrons. The lowest BCUT2D eigenvalue weighted by molar-refractivity contribution is -0.141. The summed E-state index contributed by atoms with van der Waals surface area (Å²) in [6, 6.07) is -0.649. The number of halogens is 5. The van der Waals surface area contributed by atoms with Crippen LogP contribution >= 0.6 is 11.3 Å². The quantitative estimate of drug-likeness (QED) is 0.723. The number of rotatable bonds is 7. The van der Waals surface area contributed by atoms with E-state index in [9.17, 15) is 26.7 Å². The number of hydrogen-bond donors (Lipinski definition) is 1. The molecule has 1 unspecified atom stereocenters. The Kier molecular flexibility index (Phi) is 6.52. The van der Waals surface area contributed by atoms with Gasteiger partial charge in [-0.05, 0) is 0 Å². The topological polar surface area (TPSA) is 65.9 Å². The van der Waals surface area contributed by atoms with Crippen LogP contribution < -0.4 is 4.90 Å². The van der Waals surface area contributed by atoms with Crippen LogP contribution in [0.3, 0.4) is 0 Å². The van der Waals surface area contributed by atoms with E-state index < -0.39 is 37.8 Å². The van der Waals surface area contributed by atoms with Crippen LogP contribution in [0.1, 0.15) is 16.1 Å². The molecule has 0 bridgehead atoms. The third-order valence-electron chi connectivity index (χ3n) is 3.64. The Morgan fingerprint density at radius 1 is 1.44 bits per heavy atom. The average Bonchev–Trinajstić information content (AvgIpc) is 3.00. The zero-order valence-electron chi connectivity index (χ0n) is 12.9. The molecule has 0 amide bonds. The van der Waals surface area contributed by atoms with Gasteiger partial charge in [-0.25, -0.2) is 9.78 Å². The summed E-state index contributed by atoms with van der Waals surface area (Å²) in [6.45, 7) is -3.03. The van der Waals surface area contributed by atoms with E-state index in [0.717, 1.165) is 17.5 Å². The maximum atomic E-state index is 12.4. The van der Waals surface area contributed by atoms with E-state index in [2.05, 4.69) is 9.72 Å². The number of carboxylic acids is 1. The van der Waals surface area contributed by atoms with Gasteiger partial charge in [0, 0.05) is 26.2 Å². The van der Waals surface area contributed by atoms with Gasteiger partial charge >= 0.3 is 18.8 Å². The fraction of sp³-hybridized carbons (Fsp3) is 0.692. The van der Waals surface area contributed by atoms with Gasteiger partial charge in [0.1, 0.15) is 4.88 Å². The molecule has 142 valence electrons. The smallest absolute Gasteiger partial charge is 0.390 e. The maximum Gasteiger partial charge on any atom is 0.390 e. The van der Waals surface area contributed by atoms with E-state index in [-0.39, 0.29) is 31.1 Å². The number of piperazine rings is 1. The number of anilines is 1. The minimum Gasteiger partial charge on any atom is -0.477 e. The zero-order valence-corrected chi connectivity index (χ0v) is 13.7. The Balaban J connectivity index is 2.05. The number of carbonyl (C=O) groups is 1. The van der Waals surface area contributed by atoms with E-state index in [4.69, 9.17) is 5.11 Å². The lowest BCUT2D eigenvalue weighted by atomic mass is 10.2. The summed E-state index contributed by atoms with van der Waals surface area (Å²) in [6.07, 6.45) is -4.13. The van der Waals surface area contributed by atoms with Gasteiger partial charge in [-0.15, -0.1) is 0 Å². The third kappa shape index (κ3) is 6.04. The summed E-state index contributed by atoms with van der Waals surface area (Å²) >= 11 is 0.878. The second-order valence-corrected chi connectivity index (χ2v) is 6.43. The van der Waals surface area contributed by atoms with Crippen molar-refractivity contribution in [2.45, 2.75) is 25.3 Å². The molecule has 6 nitrogen and oxygen atoms in total. The molecule has 1 aromatic rings. The van der Waals surface area contributed by atoms with Crippen molar-refractivity contribution in [3.05, 3.63) is 11.1 Å². The van der Waals surface area contributed by atoms with Crippen LogP contribution in [0.15, 0.2) is 6.20 Å². The number of nitrogens with zero attached hydrogens (tertiary/aromatic N) is 3. The summed E-state index contributed by atoms with van der Waals surface area (Å²) in [5, 5.41) is 9.26. The standard InChI is InChI=1S/C13H16F5N3O3S/c14-11(15)24-7-8-6-20(2-1-13(16,17)18)3-4-21(8)12-19-5-9(25-12)10(22)23/h5,8,11H,1-4,6-7H2,(H,22,23). The van der Waals surface area contributed by atoms with E-state index >= 15 is 0 Å². The minimum absolute atomic E-state index is 0.0111. The summed E-state index contributed by atoms with van der Waals surface area (Å²) in [5.41, 5.74) is 0. The van der Waals surface area contributed by atoms with E-state index in [0.29, 0.717) is 5.13 Å². The highest BCUT2D eigenvalue weighted by Gasteiger charge is 2.33. The van der Waals surface area contributed by atoms with Crippen LogP contribution in [0.2, 0.25) is 0 Å².